The van der Waals surface area contributed by atoms with Crippen LogP contribution in [0.25, 0.3) is 0 Å². The van der Waals surface area contributed by atoms with Crippen LogP contribution in [0.2, 0.25) is 0 Å². The molecule has 1 aliphatic heterocycles. The maximum atomic E-state index is 12.1. The summed E-state index contributed by atoms with van der Waals surface area (Å²) >= 11 is 0. The molecule has 0 aromatic carbocycles. The van der Waals surface area contributed by atoms with Gasteiger partial charge in [0, 0.05) is 0 Å². The second kappa shape index (κ2) is 5.14. The first-order chi connectivity index (χ1) is 8.17. The fourth-order valence-electron chi connectivity index (χ4n) is 1.84. The molecular weight excluding hydrogens is 238 g/mol. The highest BCUT2D eigenvalue weighted by atomic mass is 16.6. The molecule has 1 amide bonds. The SMILES string of the molecule is CC(C)(C)OC(=O)N1[C@H](COC=O)COC1(C)C. The second-order valence-corrected chi connectivity index (χ2v) is 5.69. The van der Waals surface area contributed by atoms with Crippen molar-refractivity contribution in [3.05, 3.63) is 0 Å². The number of nitrogens with zero attached hydrogens (tertiary/aromatic N) is 1. The average Bonchev–Trinajstić information content (AvgIpc) is 2.48. The lowest BCUT2D eigenvalue weighted by atomic mass is 10.2. The number of hydrogen-bond donors (Lipinski definition) is 0. The maximum Gasteiger partial charge on any atom is 0.413 e. The molecule has 0 aromatic rings. The minimum Gasteiger partial charge on any atom is -0.466 e. The monoisotopic (exact) mass is 259 g/mol. The molecule has 1 rings (SSSR count). The summed E-state index contributed by atoms with van der Waals surface area (Å²) in [6, 6.07) is -0.319. The zero-order chi connectivity index (χ0) is 14.0. The average molecular weight is 259 g/mol. The van der Waals surface area contributed by atoms with Crippen molar-refractivity contribution in [1.29, 1.82) is 0 Å². The molecule has 18 heavy (non-hydrogen) atoms. The van der Waals surface area contributed by atoms with E-state index in [4.69, 9.17) is 14.2 Å². The molecule has 0 bridgehead atoms. The molecular formula is C12H21NO5. The highest BCUT2D eigenvalue weighted by molar-refractivity contribution is 5.69. The van der Waals surface area contributed by atoms with Crippen molar-refractivity contribution in [2.45, 2.75) is 52.0 Å². The van der Waals surface area contributed by atoms with Gasteiger partial charge >= 0.3 is 6.09 Å². The molecule has 104 valence electrons. The third kappa shape index (κ3) is 3.60. The van der Waals surface area contributed by atoms with Crippen molar-refractivity contribution < 1.29 is 23.8 Å². The third-order valence-corrected chi connectivity index (χ3v) is 2.52. The van der Waals surface area contributed by atoms with Crippen LogP contribution in [0, 0.1) is 0 Å². The predicted molar refractivity (Wildman–Crippen MR) is 63.9 cm³/mol. The Bertz CT molecular complexity index is 321. The van der Waals surface area contributed by atoms with Crippen molar-refractivity contribution >= 4 is 12.6 Å². The molecule has 1 fully saturated rings. The molecule has 0 spiro atoms. The molecule has 1 saturated heterocycles. The van der Waals surface area contributed by atoms with E-state index in [1.54, 1.807) is 34.6 Å². The van der Waals surface area contributed by atoms with E-state index in [0.29, 0.717) is 13.1 Å². The summed E-state index contributed by atoms with van der Waals surface area (Å²) in [6.45, 7) is 9.73. The summed E-state index contributed by atoms with van der Waals surface area (Å²) in [5.41, 5.74) is -1.34. The maximum absolute atomic E-state index is 12.1. The van der Waals surface area contributed by atoms with E-state index in [2.05, 4.69) is 0 Å². The van der Waals surface area contributed by atoms with Crippen LogP contribution in [0.3, 0.4) is 0 Å². The lowest BCUT2D eigenvalue weighted by molar-refractivity contribution is -0.130. The van der Waals surface area contributed by atoms with Crippen LogP contribution in [0.5, 0.6) is 0 Å². The summed E-state index contributed by atoms with van der Waals surface area (Å²) in [7, 11) is 0. The fraction of sp³-hybridized carbons (Fsp3) is 0.833. The summed E-state index contributed by atoms with van der Waals surface area (Å²) in [5, 5.41) is 0. The van der Waals surface area contributed by atoms with Crippen LogP contribution in [0.1, 0.15) is 34.6 Å². The molecule has 6 heteroatoms. The molecule has 6 nitrogen and oxygen atoms in total. The molecule has 0 aliphatic carbocycles. The first-order valence-corrected chi connectivity index (χ1v) is 5.89. The molecule has 0 saturated carbocycles. The van der Waals surface area contributed by atoms with Gasteiger partial charge in [-0.3, -0.25) is 9.69 Å². The van der Waals surface area contributed by atoms with E-state index in [0.717, 1.165) is 0 Å². The molecule has 1 heterocycles. The smallest absolute Gasteiger partial charge is 0.413 e. The minimum atomic E-state index is -0.765. The first kappa shape index (κ1) is 14.8. The van der Waals surface area contributed by atoms with Gasteiger partial charge in [-0.05, 0) is 34.6 Å². The van der Waals surface area contributed by atoms with Crippen molar-refractivity contribution in [2.75, 3.05) is 13.2 Å². The van der Waals surface area contributed by atoms with E-state index in [9.17, 15) is 9.59 Å². The fourth-order valence-corrected chi connectivity index (χ4v) is 1.84. The molecule has 0 N–H and O–H groups in total. The van der Waals surface area contributed by atoms with Gasteiger partial charge in [0.2, 0.25) is 0 Å². The summed E-state index contributed by atoms with van der Waals surface area (Å²) in [5.74, 6) is 0. The number of carbonyl (C=O) groups excluding carboxylic acids is 2. The van der Waals surface area contributed by atoms with Crippen LogP contribution in [-0.2, 0) is 19.0 Å². The van der Waals surface area contributed by atoms with Gasteiger partial charge in [-0.1, -0.05) is 0 Å². The topological polar surface area (TPSA) is 65.1 Å². The lowest BCUT2D eigenvalue weighted by Crippen LogP contribution is -2.51. The zero-order valence-electron chi connectivity index (χ0n) is 11.6. The standard InChI is InChI=1S/C12H21NO5/c1-11(2,3)18-10(15)13-9(6-16-8-14)7-17-12(13,4)5/h8-9H,6-7H2,1-5H3/t9-/m1/s1. The number of amides is 1. The molecule has 0 unspecified atom stereocenters. The van der Waals surface area contributed by atoms with Gasteiger partial charge in [-0.2, -0.15) is 0 Å². The molecule has 1 aliphatic rings. The van der Waals surface area contributed by atoms with Crippen LogP contribution in [0.15, 0.2) is 0 Å². The Morgan fingerprint density at radius 3 is 2.61 bits per heavy atom. The summed E-state index contributed by atoms with van der Waals surface area (Å²) < 4.78 is 15.6. The van der Waals surface area contributed by atoms with Gasteiger partial charge in [-0.25, -0.2) is 4.79 Å². The molecule has 1 atom stereocenters. The Labute approximate surface area is 107 Å². The van der Waals surface area contributed by atoms with E-state index in [-0.39, 0.29) is 12.6 Å². The largest absolute Gasteiger partial charge is 0.466 e. The third-order valence-electron chi connectivity index (χ3n) is 2.52. The Morgan fingerprint density at radius 2 is 2.11 bits per heavy atom. The number of ether oxygens (including phenoxy) is 3. The Kier molecular flexibility index (Phi) is 4.21. The van der Waals surface area contributed by atoms with Crippen molar-refractivity contribution in [3.8, 4) is 0 Å². The van der Waals surface area contributed by atoms with Gasteiger partial charge in [-0.15, -0.1) is 0 Å². The second-order valence-electron chi connectivity index (χ2n) is 5.69. The first-order valence-electron chi connectivity index (χ1n) is 5.89. The van der Waals surface area contributed by atoms with Crippen molar-refractivity contribution in [1.82, 2.24) is 4.90 Å². The van der Waals surface area contributed by atoms with Crippen LogP contribution in [-0.4, -0.2) is 48.0 Å². The Morgan fingerprint density at radius 1 is 1.50 bits per heavy atom. The summed E-state index contributed by atoms with van der Waals surface area (Å²) in [4.78, 5) is 23.8. The molecule has 0 radical (unpaired) electrons. The lowest BCUT2D eigenvalue weighted by Gasteiger charge is -2.34. The van der Waals surface area contributed by atoms with Crippen LogP contribution >= 0.6 is 0 Å². The van der Waals surface area contributed by atoms with Gasteiger partial charge < -0.3 is 14.2 Å². The quantitative estimate of drug-likeness (QED) is 0.719. The van der Waals surface area contributed by atoms with E-state index in [1.807, 2.05) is 0 Å². The van der Waals surface area contributed by atoms with Gasteiger partial charge in [0.05, 0.1) is 12.6 Å². The highest BCUT2D eigenvalue weighted by Crippen LogP contribution is 2.29. The Hall–Kier alpha value is -1.30. The van der Waals surface area contributed by atoms with E-state index >= 15 is 0 Å². The predicted octanol–water partition coefficient (Wildman–Crippen LogP) is 1.53. The summed E-state index contributed by atoms with van der Waals surface area (Å²) in [6.07, 6.45) is -0.468. The van der Waals surface area contributed by atoms with E-state index < -0.39 is 17.4 Å². The van der Waals surface area contributed by atoms with Crippen LogP contribution in [0.4, 0.5) is 4.79 Å². The van der Waals surface area contributed by atoms with Gasteiger partial charge in [0.15, 0.2) is 0 Å². The molecule has 0 aromatic heterocycles. The van der Waals surface area contributed by atoms with E-state index in [1.165, 1.54) is 4.90 Å². The minimum absolute atomic E-state index is 0.103. The number of hydrogen-bond acceptors (Lipinski definition) is 5. The van der Waals surface area contributed by atoms with Gasteiger partial charge in [0.1, 0.15) is 17.9 Å². The highest BCUT2D eigenvalue weighted by Gasteiger charge is 2.45. The van der Waals surface area contributed by atoms with Crippen molar-refractivity contribution in [3.63, 3.8) is 0 Å². The van der Waals surface area contributed by atoms with Crippen molar-refractivity contribution in [2.24, 2.45) is 0 Å². The Balaban J connectivity index is 2.78. The zero-order valence-corrected chi connectivity index (χ0v) is 11.6. The number of carbonyl (C=O) groups is 2. The number of rotatable bonds is 3. The van der Waals surface area contributed by atoms with Crippen LogP contribution < -0.4 is 0 Å². The van der Waals surface area contributed by atoms with Gasteiger partial charge in [0.25, 0.3) is 6.47 Å². The normalized spacial score (nSPS) is 22.7.